The first-order chi connectivity index (χ1) is 12.0. The first-order valence-electron chi connectivity index (χ1n) is 7.72. The Balaban J connectivity index is 1.89. The van der Waals surface area contributed by atoms with Crippen LogP contribution in [0, 0.1) is 0 Å². The summed E-state index contributed by atoms with van der Waals surface area (Å²) in [6.07, 6.45) is 4.71. The number of fused-ring (bicyclic) bond motifs is 1. The van der Waals surface area contributed by atoms with Gasteiger partial charge in [0.1, 0.15) is 0 Å². The number of hydrogen-bond donors (Lipinski definition) is 1. The van der Waals surface area contributed by atoms with Gasteiger partial charge in [-0.1, -0.05) is 0 Å². The largest absolute Gasteiger partial charge is 0.461 e. The van der Waals surface area contributed by atoms with Crippen LogP contribution in [-0.4, -0.2) is 37.9 Å². The van der Waals surface area contributed by atoms with E-state index in [1.54, 1.807) is 36.0 Å². The zero-order valence-electron chi connectivity index (χ0n) is 13.7. The van der Waals surface area contributed by atoms with E-state index in [1.807, 2.05) is 6.92 Å². The lowest BCUT2D eigenvalue weighted by Gasteiger charge is -2.08. The Kier molecular flexibility index (Phi) is 4.84. The Hall–Kier alpha value is -2.68. The number of aryl methyl sites for hydroxylation is 1. The van der Waals surface area contributed by atoms with Crippen molar-refractivity contribution in [2.24, 2.45) is 0 Å². The van der Waals surface area contributed by atoms with E-state index in [4.69, 9.17) is 4.74 Å². The highest BCUT2D eigenvalue weighted by atomic mass is 79.9. The third-order valence-corrected chi connectivity index (χ3v) is 4.20. The summed E-state index contributed by atoms with van der Waals surface area (Å²) in [5.74, 6) is -0.890. The Morgan fingerprint density at radius 1 is 1.24 bits per heavy atom. The number of esters is 1. The molecule has 0 saturated heterocycles. The lowest BCUT2D eigenvalue weighted by molar-refractivity contribution is 0.0513. The molecule has 0 unspecified atom stereocenters. The van der Waals surface area contributed by atoms with Crippen LogP contribution in [-0.2, 0) is 11.3 Å². The summed E-state index contributed by atoms with van der Waals surface area (Å²) in [5, 5.41) is 11.0. The fourth-order valence-electron chi connectivity index (χ4n) is 2.41. The van der Waals surface area contributed by atoms with Gasteiger partial charge in [0.05, 0.1) is 40.2 Å². The highest BCUT2D eigenvalue weighted by Crippen LogP contribution is 2.20. The number of carbonyl (C=O) groups is 2. The molecular formula is C16H16BrN5O3. The third kappa shape index (κ3) is 3.27. The van der Waals surface area contributed by atoms with Gasteiger partial charge in [0.25, 0.3) is 5.91 Å². The number of carbonyl (C=O) groups excluding carboxylic acids is 2. The molecule has 0 aliphatic rings. The second-order valence-corrected chi connectivity index (χ2v) is 5.99. The standard InChI is InChI=1S/C16H16BrN5O3/c1-3-21-14(16(24)25-4-2)12(8-19-21)20-15(23)10-5-6-13-11(17)7-18-22(13)9-10/h5-9H,3-4H2,1-2H3,(H,20,23). The van der Waals surface area contributed by atoms with Crippen LogP contribution in [0.4, 0.5) is 5.69 Å². The molecule has 1 N–H and O–H groups in total. The van der Waals surface area contributed by atoms with Crippen molar-refractivity contribution in [1.29, 1.82) is 0 Å². The minimum absolute atomic E-state index is 0.223. The number of amides is 1. The van der Waals surface area contributed by atoms with Crippen molar-refractivity contribution in [1.82, 2.24) is 19.4 Å². The first-order valence-corrected chi connectivity index (χ1v) is 8.51. The molecule has 3 aromatic rings. The number of halogens is 1. The summed E-state index contributed by atoms with van der Waals surface area (Å²) < 4.78 is 8.97. The molecule has 9 heteroatoms. The molecular weight excluding hydrogens is 390 g/mol. The van der Waals surface area contributed by atoms with Gasteiger partial charge >= 0.3 is 5.97 Å². The van der Waals surface area contributed by atoms with Gasteiger partial charge in [-0.2, -0.15) is 10.2 Å². The number of ether oxygens (including phenoxy) is 1. The lowest BCUT2D eigenvalue weighted by Crippen LogP contribution is -2.18. The minimum atomic E-state index is -0.524. The molecule has 0 aliphatic carbocycles. The summed E-state index contributed by atoms with van der Waals surface area (Å²) in [6, 6.07) is 3.47. The molecule has 0 fully saturated rings. The summed E-state index contributed by atoms with van der Waals surface area (Å²) >= 11 is 3.39. The van der Waals surface area contributed by atoms with Gasteiger partial charge in [0, 0.05) is 12.7 Å². The monoisotopic (exact) mass is 405 g/mol. The number of pyridine rings is 1. The number of nitrogens with one attached hydrogen (secondary N) is 1. The molecule has 8 nitrogen and oxygen atoms in total. The Bertz CT molecular complexity index is 947. The van der Waals surface area contributed by atoms with Crippen LogP contribution in [0.3, 0.4) is 0 Å². The molecule has 0 aromatic carbocycles. The van der Waals surface area contributed by atoms with Gasteiger partial charge in [-0.15, -0.1) is 0 Å². The lowest BCUT2D eigenvalue weighted by atomic mass is 10.2. The van der Waals surface area contributed by atoms with Crippen molar-refractivity contribution >= 4 is 39.0 Å². The highest BCUT2D eigenvalue weighted by Gasteiger charge is 2.21. The quantitative estimate of drug-likeness (QED) is 0.658. The zero-order chi connectivity index (χ0) is 18.0. The molecule has 0 spiro atoms. The molecule has 1 amide bonds. The third-order valence-electron chi connectivity index (χ3n) is 3.59. The molecule has 25 heavy (non-hydrogen) atoms. The second kappa shape index (κ2) is 7.06. The van der Waals surface area contributed by atoms with Crippen LogP contribution in [0.2, 0.25) is 0 Å². The highest BCUT2D eigenvalue weighted by molar-refractivity contribution is 9.10. The van der Waals surface area contributed by atoms with Crippen LogP contribution in [0.25, 0.3) is 5.52 Å². The van der Waals surface area contributed by atoms with Gasteiger partial charge in [-0.25, -0.2) is 9.31 Å². The van der Waals surface area contributed by atoms with Crippen molar-refractivity contribution < 1.29 is 14.3 Å². The zero-order valence-corrected chi connectivity index (χ0v) is 15.3. The van der Waals surface area contributed by atoms with E-state index < -0.39 is 5.97 Å². The van der Waals surface area contributed by atoms with Crippen LogP contribution in [0.15, 0.2) is 35.2 Å². The molecule has 3 aromatic heterocycles. The van der Waals surface area contributed by atoms with E-state index in [-0.39, 0.29) is 18.2 Å². The SMILES string of the molecule is CCOC(=O)c1c(NC(=O)c2ccc3c(Br)cnn3c2)cnn1CC. The van der Waals surface area contributed by atoms with Crippen molar-refractivity contribution in [2.45, 2.75) is 20.4 Å². The summed E-state index contributed by atoms with van der Waals surface area (Å²) in [5.41, 5.74) is 1.79. The summed E-state index contributed by atoms with van der Waals surface area (Å²) in [4.78, 5) is 24.7. The maximum atomic E-state index is 12.5. The predicted octanol–water partition coefficient (Wildman–Crippen LogP) is 2.74. The average Bonchev–Trinajstić information content (AvgIpc) is 3.18. The van der Waals surface area contributed by atoms with Crippen LogP contribution in [0.5, 0.6) is 0 Å². The average molecular weight is 406 g/mol. The van der Waals surface area contributed by atoms with E-state index in [1.165, 1.54) is 10.9 Å². The Morgan fingerprint density at radius 2 is 2.04 bits per heavy atom. The molecule has 3 heterocycles. The fourth-order valence-corrected chi connectivity index (χ4v) is 2.82. The topological polar surface area (TPSA) is 90.5 Å². The molecule has 3 rings (SSSR count). The first kappa shape index (κ1) is 17.2. The Labute approximate surface area is 151 Å². The number of rotatable bonds is 5. The predicted molar refractivity (Wildman–Crippen MR) is 94.7 cm³/mol. The van der Waals surface area contributed by atoms with Gasteiger partial charge in [0.2, 0.25) is 0 Å². The fraction of sp³-hybridized carbons (Fsp3) is 0.250. The second-order valence-electron chi connectivity index (χ2n) is 5.14. The van der Waals surface area contributed by atoms with Crippen LogP contribution >= 0.6 is 15.9 Å². The van der Waals surface area contributed by atoms with Gasteiger partial charge in [0.15, 0.2) is 5.69 Å². The van der Waals surface area contributed by atoms with E-state index >= 15 is 0 Å². The van der Waals surface area contributed by atoms with Gasteiger partial charge < -0.3 is 10.1 Å². The molecule has 0 atom stereocenters. The normalized spacial score (nSPS) is 10.8. The van der Waals surface area contributed by atoms with Crippen LogP contribution in [0.1, 0.15) is 34.7 Å². The number of anilines is 1. The van der Waals surface area contributed by atoms with E-state index in [0.29, 0.717) is 17.8 Å². The van der Waals surface area contributed by atoms with Crippen molar-refractivity contribution in [3.8, 4) is 0 Å². The number of nitrogens with zero attached hydrogens (tertiary/aromatic N) is 4. The maximum Gasteiger partial charge on any atom is 0.358 e. The summed E-state index contributed by atoms with van der Waals surface area (Å²) in [6.45, 7) is 4.30. The van der Waals surface area contributed by atoms with E-state index in [9.17, 15) is 9.59 Å². The maximum absolute atomic E-state index is 12.5. The molecule has 0 bridgehead atoms. The van der Waals surface area contributed by atoms with Crippen molar-refractivity contribution in [2.75, 3.05) is 11.9 Å². The van der Waals surface area contributed by atoms with E-state index in [0.717, 1.165) is 9.99 Å². The van der Waals surface area contributed by atoms with Gasteiger partial charge in [-0.05, 0) is 41.9 Å². The smallest absolute Gasteiger partial charge is 0.358 e. The molecule has 0 saturated carbocycles. The Morgan fingerprint density at radius 3 is 2.76 bits per heavy atom. The molecule has 130 valence electrons. The van der Waals surface area contributed by atoms with Crippen LogP contribution < -0.4 is 5.32 Å². The summed E-state index contributed by atoms with van der Waals surface area (Å²) in [7, 11) is 0. The number of aromatic nitrogens is 4. The number of hydrogen-bond acceptors (Lipinski definition) is 5. The van der Waals surface area contributed by atoms with Crippen molar-refractivity contribution in [3.63, 3.8) is 0 Å². The minimum Gasteiger partial charge on any atom is -0.461 e. The molecule has 0 radical (unpaired) electrons. The van der Waals surface area contributed by atoms with Gasteiger partial charge in [-0.3, -0.25) is 9.48 Å². The van der Waals surface area contributed by atoms with E-state index in [2.05, 4.69) is 31.4 Å². The van der Waals surface area contributed by atoms with Crippen molar-refractivity contribution in [3.05, 3.63) is 46.5 Å². The molecule has 0 aliphatic heterocycles.